The lowest BCUT2D eigenvalue weighted by Gasteiger charge is -2.11. The van der Waals surface area contributed by atoms with Crippen molar-refractivity contribution in [3.63, 3.8) is 0 Å². The van der Waals surface area contributed by atoms with Crippen molar-refractivity contribution in [2.45, 2.75) is 53.9 Å². The fraction of sp³-hybridized carbons (Fsp3) is 0.625. The third kappa shape index (κ3) is 3.66. The lowest BCUT2D eigenvalue weighted by molar-refractivity contribution is 0.571. The molecule has 1 fully saturated rings. The summed E-state index contributed by atoms with van der Waals surface area (Å²) in [7, 11) is 0. The first-order valence-electron chi connectivity index (χ1n) is 6.53. The maximum Gasteiger partial charge on any atom is -0.0200 e. The first-order valence-corrected chi connectivity index (χ1v) is 6.53. The van der Waals surface area contributed by atoms with E-state index < -0.39 is 0 Å². The summed E-state index contributed by atoms with van der Waals surface area (Å²) in [5.74, 6) is 1.76. The fourth-order valence-corrected chi connectivity index (χ4v) is 2.58. The van der Waals surface area contributed by atoms with Crippen molar-refractivity contribution in [2.75, 3.05) is 0 Å². The van der Waals surface area contributed by atoms with Gasteiger partial charge in [0.2, 0.25) is 0 Å². The van der Waals surface area contributed by atoms with Gasteiger partial charge in [-0.15, -0.1) is 0 Å². The Hall–Kier alpha value is -0.780. The van der Waals surface area contributed by atoms with Crippen molar-refractivity contribution < 1.29 is 0 Å². The molecule has 1 rings (SSSR count). The Balaban J connectivity index is 2.73. The topological polar surface area (TPSA) is 0 Å². The summed E-state index contributed by atoms with van der Waals surface area (Å²) >= 11 is 0. The second kappa shape index (κ2) is 6.08. The lowest BCUT2D eigenvalue weighted by Crippen LogP contribution is -1.96. The van der Waals surface area contributed by atoms with Crippen molar-refractivity contribution in [3.05, 3.63) is 34.9 Å². The van der Waals surface area contributed by atoms with Gasteiger partial charge in [-0.05, 0) is 63.5 Å². The van der Waals surface area contributed by atoms with Gasteiger partial charge >= 0.3 is 0 Å². The van der Waals surface area contributed by atoms with Crippen LogP contribution in [0.4, 0.5) is 0 Å². The van der Waals surface area contributed by atoms with E-state index >= 15 is 0 Å². The van der Waals surface area contributed by atoms with E-state index in [-0.39, 0.29) is 0 Å². The molecule has 1 saturated carbocycles. The van der Waals surface area contributed by atoms with Gasteiger partial charge < -0.3 is 0 Å². The van der Waals surface area contributed by atoms with Crippen molar-refractivity contribution in [1.82, 2.24) is 0 Å². The van der Waals surface area contributed by atoms with Gasteiger partial charge in [0, 0.05) is 0 Å². The quantitative estimate of drug-likeness (QED) is 0.565. The van der Waals surface area contributed by atoms with Crippen LogP contribution in [0, 0.1) is 11.8 Å². The summed E-state index contributed by atoms with van der Waals surface area (Å²) < 4.78 is 0. The zero-order valence-corrected chi connectivity index (χ0v) is 11.5. The normalized spacial score (nSPS) is 28.7. The van der Waals surface area contributed by atoms with Crippen LogP contribution in [0.2, 0.25) is 0 Å². The average Bonchev–Trinajstić information content (AvgIpc) is 2.65. The minimum Gasteiger partial charge on any atom is -0.0874 e. The summed E-state index contributed by atoms with van der Waals surface area (Å²) in [4.78, 5) is 0. The molecule has 1 aliphatic carbocycles. The molecule has 0 bridgehead atoms. The van der Waals surface area contributed by atoms with E-state index in [2.05, 4.69) is 52.8 Å². The predicted octanol–water partition coefficient (Wildman–Crippen LogP) is 5.28. The van der Waals surface area contributed by atoms with E-state index in [4.69, 9.17) is 0 Å². The summed E-state index contributed by atoms with van der Waals surface area (Å²) in [5.41, 5.74) is 4.37. The van der Waals surface area contributed by atoms with Crippen LogP contribution in [-0.2, 0) is 0 Å². The second-order valence-corrected chi connectivity index (χ2v) is 5.37. The predicted molar refractivity (Wildman–Crippen MR) is 73.5 cm³/mol. The highest BCUT2D eigenvalue weighted by Crippen LogP contribution is 2.35. The minimum absolute atomic E-state index is 0.836. The van der Waals surface area contributed by atoms with Crippen LogP contribution in [0.5, 0.6) is 0 Å². The fourth-order valence-electron chi connectivity index (χ4n) is 2.58. The summed E-state index contributed by atoms with van der Waals surface area (Å²) in [6.07, 6.45) is 10.9. The SMILES string of the molecule is C\C=C/C(C)=C(C)/C=C(\C)C1CCC(C)C1. The molecule has 0 radical (unpaired) electrons. The Morgan fingerprint density at radius 1 is 1.06 bits per heavy atom. The van der Waals surface area contributed by atoms with Gasteiger partial charge in [-0.25, -0.2) is 0 Å². The average molecular weight is 218 g/mol. The van der Waals surface area contributed by atoms with Crippen LogP contribution in [0.3, 0.4) is 0 Å². The molecule has 0 N–H and O–H groups in total. The maximum atomic E-state index is 2.39. The number of hydrogen-bond donors (Lipinski definition) is 0. The van der Waals surface area contributed by atoms with Gasteiger partial charge in [-0.3, -0.25) is 0 Å². The highest BCUT2D eigenvalue weighted by molar-refractivity contribution is 5.32. The van der Waals surface area contributed by atoms with Gasteiger partial charge in [0.25, 0.3) is 0 Å². The van der Waals surface area contributed by atoms with Crippen LogP contribution < -0.4 is 0 Å². The number of rotatable bonds is 3. The molecule has 0 spiro atoms. The van der Waals surface area contributed by atoms with Crippen LogP contribution in [0.15, 0.2) is 34.9 Å². The Bertz CT molecular complexity index is 315. The Morgan fingerprint density at radius 2 is 1.75 bits per heavy atom. The standard InChI is InChI=1S/C16H26/c1-6-7-13(3)14(4)11-15(5)16-9-8-12(2)10-16/h6-7,11-12,16H,8-10H2,1-5H3/b7-6-,14-13+,15-11+. The Kier molecular flexibility index (Phi) is 5.05. The third-order valence-corrected chi connectivity index (χ3v) is 3.82. The summed E-state index contributed by atoms with van der Waals surface area (Å²) in [5, 5.41) is 0. The zero-order valence-electron chi connectivity index (χ0n) is 11.5. The molecular weight excluding hydrogens is 192 g/mol. The lowest BCUT2D eigenvalue weighted by atomic mass is 9.95. The second-order valence-electron chi connectivity index (χ2n) is 5.37. The molecule has 0 heteroatoms. The van der Waals surface area contributed by atoms with Crippen molar-refractivity contribution >= 4 is 0 Å². The van der Waals surface area contributed by atoms with Gasteiger partial charge in [0.15, 0.2) is 0 Å². The van der Waals surface area contributed by atoms with Gasteiger partial charge in [0.05, 0.1) is 0 Å². The molecule has 1 aliphatic rings. The molecule has 0 aromatic rings. The highest BCUT2D eigenvalue weighted by Gasteiger charge is 2.22. The summed E-state index contributed by atoms with van der Waals surface area (Å²) in [6, 6.07) is 0. The maximum absolute atomic E-state index is 2.39. The summed E-state index contributed by atoms with van der Waals surface area (Å²) in [6.45, 7) is 11.2. The molecule has 0 nitrogen and oxygen atoms in total. The highest BCUT2D eigenvalue weighted by atomic mass is 14.3. The molecule has 16 heavy (non-hydrogen) atoms. The smallest absolute Gasteiger partial charge is 0.0200 e. The zero-order chi connectivity index (χ0) is 12.1. The monoisotopic (exact) mass is 218 g/mol. The van der Waals surface area contributed by atoms with Crippen LogP contribution >= 0.6 is 0 Å². The van der Waals surface area contributed by atoms with Crippen LogP contribution in [-0.4, -0.2) is 0 Å². The van der Waals surface area contributed by atoms with Crippen molar-refractivity contribution in [1.29, 1.82) is 0 Å². The molecule has 0 saturated heterocycles. The molecule has 0 heterocycles. The Labute approximate surface area is 101 Å². The number of hydrogen-bond acceptors (Lipinski definition) is 0. The van der Waals surface area contributed by atoms with E-state index in [9.17, 15) is 0 Å². The van der Waals surface area contributed by atoms with E-state index in [1.165, 1.54) is 30.4 Å². The largest absolute Gasteiger partial charge is 0.0874 e. The molecule has 0 amide bonds. The molecular formula is C16H26. The molecule has 90 valence electrons. The van der Waals surface area contributed by atoms with E-state index in [1.807, 2.05) is 0 Å². The van der Waals surface area contributed by atoms with Gasteiger partial charge in [0.1, 0.15) is 0 Å². The van der Waals surface area contributed by atoms with Crippen molar-refractivity contribution in [3.8, 4) is 0 Å². The molecule has 0 aromatic heterocycles. The molecule has 0 aliphatic heterocycles. The van der Waals surface area contributed by atoms with E-state index in [0.29, 0.717) is 0 Å². The van der Waals surface area contributed by atoms with Gasteiger partial charge in [-0.2, -0.15) is 0 Å². The van der Waals surface area contributed by atoms with E-state index in [0.717, 1.165) is 11.8 Å². The van der Waals surface area contributed by atoms with Gasteiger partial charge in [-0.1, -0.05) is 37.1 Å². The molecule has 2 atom stereocenters. The first-order chi connectivity index (χ1) is 7.54. The number of allylic oxidation sites excluding steroid dienone is 6. The van der Waals surface area contributed by atoms with Crippen molar-refractivity contribution in [2.24, 2.45) is 11.8 Å². The first kappa shape index (κ1) is 13.3. The molecule has 0 aromatic carbocycles. The van der Waals surface area contributed by atoms with Crippen LogP contribution in [0.25, 0.3) is 0 Å². The Morgan fingerprint density at radius 3 is 2.25 bits per heavy atom. The molecule has 2 unspecified atom stereocenters. The van der Waals surface area contributed by atoms with E-state index in [1.54, 1.807) is 5.57 Å². The van der Waals surface area contributed by atoms with Crippen LogP contribution in [0.1, 0.15) is 53.9 Å². The minimum atomic E-state index is 0.836. The third-order valence-electron chi connectivity index (χ3n) is 3.82.